The Kier molecular flexibility index (Phi) is 6.12. The fourth-order valence-corrected chi connectivity index (χ4v) is 2.77. The van der Waals surface area contributed by atoms with Gasteiger partial charge in [0, 0.05) is 33.1 Å². The lowest BCUT2D eigenvalue weighted by Gasteiger charge is -2.36. The van der Waals surface area contributed by atoms with Gasteiger partial charge in [-0.25, -0.2) is 0 Å². The molecule has 2 rings (SSSR count). The van der Waals surface area contributed by atoms with E-state index in [-0.39, 0.29) is 11.6 Å². The molecule has 1 aromatic carbocycles. The van der Waals surface area contributed by atoms with Crippen molar-refractivity contribution in [2.45, 2.75) is 13.1 Å². The number of carbonyl (C=O) groups excluding carboxylic acids is 1. The Bertz CT molecular complexity index is 909. The molecule has 0 aromatic heterocycles. The number of rotatable bonds is 3. The molecule has 0 aliphatic carbocycles. The summed E-state index contributed by atoms with van der Waals surface area (Å²) in [7, 11) is 0. The van der Waals surface area contributed by atoms with Crippen molar-refractivity contribution in [2.24, 2.45) is 0 Å². The summed E-state index contributed by atoms with van der Waals surface area (Å²) in [5, 5.41) is 29.6. The molecule has 0 saturated carbocycles. The largest absolute Gasteiger partial charge is 0.416 e. The maximum absolute atomic E-state index is 13.1. The Morgan fingerprint density at radius 3 is 2.14 bits per heavy atom. The first-order chi connectivity index (χ1) is 13.2. The summed E-state index contributed by atoms with van der Waals surface area (Å²) in [5.74, 6) is -0.0900. The summed E-state index contributed by atoms with van der Waals surface area (Å²) in [5.41, 5.74) is -1.58. The standard InChI is InChI=1S/C18H15F3N6O/c1-12(28)26-4-6-27(7-5-26)17-3-2-14(18(19,20)21)8-15(17)25-16(11-24)13(9-22)10-23/h2-3,8,25H,4-7H2,1H3. The third kappa shape index (κ3) is 4.52. The van der Waals surface area contributed by atoms with Crippen LogP contribution in [0.3, 0.4) is 0 Å². The summed E-state index contributed by atoms with van der Waals surface area (Å²) in [6.45, 7) is 3.01. The van der Waals surface area contributed by atoms with E-state index in [1.807, 2.05) is 0 Å². The van der Waals surface area contributed by atoms with Crippen LogP contribution >= 0.6 is 0 Å². The smallest absolute Gasteiger partial charge is 0.366 e. The van der Waals surface area contributed by atoms with Crippen LogP contribution in [0.2, 0.25) is 0 Å². The van der Waals surface area contributed by atoms with Crippen molar-refractivity contribution < 1.29 is 18.0 Å². The molecule has 1 N–H and O–H groups in total. The Hall–Kier alpha value is -3.71. The lowest BCUT2D eigenvalue weighted by Crippen LogP contribution is -2.48. The van der Waals surface area contributed by atoms with E-state index in [0.717, 1.165) is 12.1 Å². The zero-order valence-electron chi connectivity index (χ0n) is 14.8. The first-order valence-electron chi connectivity index (χ1n) is 8.14. The average molecular weight is 388 g/mol. The SMILES string of the molecule is CC(=O)N1CCN(c2ccc(C(F)(F)F)cc2NC(C#N)=C(C#N)C#N)CC1. The molecule has 1 saturated heterocycles. The Balaban J connectivity index is 2.45. The molecule has 1 aliphatic rings. The monoisotopic (exact) mass is 388 g/mol. The van der Waals surface area contributed by atoms with Gasteiger partial charge < -0.3 is 15.1 Å². The molecule has 1 heterocycles. The van der Waals surface area contributed by atoms with E-state index in [9.17, 15) is 23.2 Å². The number of anilines is 2. The van der Waals surface area contributed by atoms with Crippen LogP contribution in [0, 0.1) is 34.0 Å². The molecular formula is C18H15F3N6O. The van der Waals surface area contributed by atoms with Gasteiger partial charge >= 0.3 is 6.18 Å². The number of allylic oxidation sites excluding steroid dienone is 2. The second-order valence-electron chi connectivity index (χ2n) is 5.93. The van der Waals surface area contributed by atoms with E-state index in [4.69, 9.17) is 10.5 Å². The lowest BCUT2D eigenvalue weighted by molar-refractivity contribution is -0.137. The quantitative estimate of drug-likeness (QED) is 0.798. The van der Waals surface area contributed by atoms with Crippen LogP contribution in [0.5, 0.6) is 0 Å². The fourth-order valence-electron chi connectivity index (χ4n) is 2.77. The molecule has 10 heteroatoms. The number of amides is 1. The third-order valence-corrected chi connectivity index (χ3v) is 4.23. The van der Waals surface area contributed by atoms with E-state index < -0.39 is 23.0 Å². The van der Waals surface area contributed by atoms with E-state index in [1.165, 1.54) is 25.1 Å². The minimum Gasteiger partial charge on any atom is -0.366 e. The van der Waals surface area contributed by atoms with E-state index >= 15 is 0 Å². The van der Waals surface area contributed by atoms with Crippen LogP contribution in [-0.4, -0.2) is 37.0 Å². The van der Waals surface area contributed by atoms with Gasteiger partial charge in [-0.2, -0.15) is 29.0 Å². The van der Waals surface area contributed by atoms with Crippen molar-refractivity contribution in [3.8, 4) is 18.2 Å². The molecule has 28 heavy (non-hydrogen) atoms. The summed E-state index contributed by atoms with van der Waals surface area (Å²) in [6.07, 6.45) is -4.61. The molecule has 0 bridgehead atoms. The molecule has 0 atom stereocenters. The molecule has 1 aromatic rings. The van der Waals surface area contributed by atoms with Gasteiger partial charge in [0.25, 0.3) is 0 Å². The molecule has 1 amide bonds. The number of piperazine rings is 1. The number of nitrogens with zero attached hydrogens (tertiary/aromatic N) is 5. The molecule has 0 radical (unpaired) electrons. The maximum atomic E-state index is 13.1. The normalized spacial score (nSPS) is 13.8. The van der Waals surface area contributed by atoms with E-state index in [0.29, 0.717) is 31.9 Å². The lowest BCUT2D eigenvalue weighted by atomic mass is 10.1. The van der Waals surface area contributed by atoms with Crippen molar-refractivity contribution in [1.82, 2.24) is 4.90 Å². The number of nitriles is 3. The summed E-state index contributed by atoms with van der Waals surface area (Å²) in [6, 6.07) is 7.73. The first-order valence-corrected chi connectivity index (χ1v) is 8.14. The van der Waals surface area contributed by atoms with Gasteiger partial charge in [-0.3, -0.25) is 4.79 Å². The summed E-state index contributed by atoms with van der Waals surface area (Å²) >= 11 is 0. The highest BCUT2D eigenvalue weighted by Gasteiger charge is 2.32. The van der Waals surface area contributed by atoms with Crippen LogP contribution in [-0.2, 0) is 11.0 Å². The minimum absolute atomic E-state index is 0.0503. The van der Waals surface area contributed by atoms with Crippen molar-refractivity contribution in [1.29, 1.82) is 15.8 Å². The highest BCUT2D eigenvalue weighted by Crippen LogP contribution is 2.36. The number of benzene rings is 1. The fraction of sp³-hybridized carbons (Fsp3) is 0.333. The topological polar surface area (TPSA) is 107 Å². The van der Waals surface area contributed by atoms with Gasteiger partial charge in [0.05, 0.1) is 16.9 Å². The molecule has 0 unspecified atom stereocenters. The predicted molar refractivity (Wildman–Crippen MR) is 93.4 cm³/mol. The predicted octanol–water partition coefficient (Wildman–Crippen LogP) is 2.61. The minimum atomic E-state index is -4.61. The van der Waals surface area contributed by atoms with Crippen molar-refractivity contribution in [3.05, 3.63) is 35.0 Å². The second-order valence-corrected chi connectivity index (χ2v) is 5.93. The van der Waals surface area contributed by atoms with E-state index in [2.05, 4.69) is 5.32 Å². The van der Waals surface area contributed by atoms with Crippen LogP contribution in [0.25, 0.3) is 0 Å². The summed E-state index contributed by atoms with van der Waals surface area (Å²) < 4.78 is 39.4. The zero-order chi connectivity index (χ0) is 20.9. The highest BCUT2D eigenvalue weighted by atomic mass is 19.4. The van der Waals surface area contributed by atoms with E-state index in [1.54, 1.807) is 15.9 Å². The molecular weight excluding hydrogens is 373 g/mol. The Labute approximate surface area is 159 Å². The van der Waals surface area contributed by atoms with Gasteiger partial charge in [-0.1, -0.05) is 0 Å². The Morgan fingerprint density at radius 2 is 1.68 bits per heavy atom. The average Bonchev–Trinajstić information content (AvgIpc) is 2.67. The second kappa shape index (κ2) is 8.32. The number of halogens is 3. The third-order valence-electron chi connectivity index (χ3n) is 4.23. The number of alkyl halides is 3. The molecule has 1 aliphatic heterocycles. The van der Waals surface area contributed by atoms with Gasteiger partial charge in [-0.05, 0) is 18.2 Å². The van der Waals surface area contributed by atoms with Gasteiger partial charge in [0.1, 0.15) is 23.9 Å². The van der Waals surface area contributed by atoms with Crippen molar-refractivity contribution >= 4 is 17.3 Å². The maximum Gasteiger partial charge on any atom is 0.416 e. The number of hydrogen-bond acceptors (Lipinski definition) is 6. The molecule has 1 fully saturated rings. The zero-order valence-corrected chi connectivity index (χ0v) is 14.8. The Morgan fingerprint density at radius 1 is 1.07 bits per heavy atom. The van der Waals surface area contributed by atoms with Gasteiger partial charge in [0.2, 0.25) is 5.91 Å². The summed E-state index contributed by atoms with van der Waals surface area (Å²) in [4.78, 5) is 14.9. The van der Waals surface area contributed by atoms with Crippen LogP contribution in [0.15, 0.2) is 29.5 Å². The van der Waals surface area contributed by atoms with Crippen molar-refractivity contribution in [3.63, 3.8) is 0 Å². The van der Waals surface area contributed by atoms with Crippen molar-refractivity contribution in [2.75, 3.05) is 36.4 Å². The van der Waals surface area contributed by atoms with Gasteiger partial charge in [-0.15, -0.1) is 0 Å². The van der Waals surface area contributed by atoms with Crippen LogP contribution in [0.4, 0.5) is 24.5 Å². The first kappa shape index (κ1) is 20.6. The van der Waals surface area contributed by atoms with Crippen LogP contribution in [0.1, 0.15) is 12.5 Å². The number of nitrogens with one attached hydrogen (secondary N) is 1. The molecule has 0 spiro atoms. The number of carbonyl (C=O) groups is 1. The van der Waals surface area contributed by atoms with Crippen LogP contribution < -0.4 is 10.2 Å². The number of hydrogen-bond donors (Lipinski definition) is 1. The molecule has 144 valence electrons. The van der Waals surface area contributed by atoms with Gasteiger partial charge in [0.15, 0.2) is 5.57 Å². The molecule has 7 nitrogen and oxygen atoms in total. The highest BCUT2D eigenvalue weighted by molar-refractivity contribution is 5.76.